The number of nitrogens with one attached hydrogen (secondary N) is 1. The Bertz CT molecular complexity index is 673. The van der Waals surface area contributed by atoms with E-state index in [1.807, 2.05) is 0 Å². The van der Waals surface area contributed by atoms with Crippen LogP contribution in [0.2, 0.25) is 5.15 Å². The Morgan fingerprint density at radius 2 is 1.94 bits per heavy atom. The summed E-state index contributed by atoms with van der Waals surface area (Å²) in [6.45, 7) is 1.72. The number of hydrogen-bond donors (Lipinski definition) is 1. The van der Waals surface area contributed by atoms with Gasteiger partial charge in [0.1, 0.15) is 5.15 Å². The highest BCUT2D eigenvalue weighted by atomic mass is 35.5. The van der Waals surface area contributed by atoms with E-state index in [0.29, 0.717) is 5.56 Å². The van der Waals surface area contributed by atoms with Crippen LogP contribution >= 0.6 is 11.6 Å². The number of sulfonamides is 1. The summed E-state index contributed by atoms with van der Waals surface area (Å²) in [5.41, 5.74) is 0.653. The van der Waals surface area contributed by atoms with Crippen molar-refractivity contribution in [3.63, 3.8) is 0 Å². The molecule has 0 amide bonds. The molecule has 0 spiro atoms. The van der Waals surface area contributed by atoms with Gasteiger partial charge in [0.25, 0.3) is 10.0 Å². The van der Waals surface area contributed by atoms with Crippen molar-refractivity contribution in [1.82, 2.24) is 9.97 Å². The average Bonchev–Trinajstić information content (AvgIpc) is 2.28. The summed E-state index contributed by atoms with van der Waals surface area (Å²) in [6, 6.07) is 6.67. The second-order valence-electron chi connectivity index (χ2n) is 3.60. The van der Waals surface area contributed by atoms with E-state index >= 15 is 0 Å². The average molecular weight is 284 g/mol. The van der Waals surface area contributed by atoms with Crippen molar-refractivity contribution in [3.05, 3.63) is 47.4 Å². The van der Waals surface area contributed by atoms with Crippen molar-refractivity contribution < 1.29 is 8.42 Å². The Morgan fingerprint density at radius 3 is 2.61 bits per heavy atom. The van der Waals surface area contributed by atoms with Crippen molar-refractivity contribution in [3.8, 4) is 0 Å². The van der Waals surface area contributed by atoms with E-state index in [9.17, 15) is 8.42 Å². The third kappa shape index (κ3) is 2.77. The Hall–Kier alpha value is -1.66. The van der Waals surface area contributed by atoms with Gasteiger partial charge in [0.2, 0.25) is 0 Å². The molecule has 0 aliphatic rings. The lowest BCUT2D eigenvalue weighted by atomic mass is 10.2. The van der Waals surface area contributed by atoms with Crippen LogP contribution in [-0.4, -0.2) is 18.4 Å². The van der Waals surface area contributed by atoms with E-state index in [-0.39, 0.29) is 15.9 Å². The van der Waals surface area contributed by atoms with Gasteiger partial charge in [-0.05, 0) is 18.6 Å². The minimum Gasteiger partial charge on any atom is -0.262 e. The van der Waals surface area contributed by atoms with Crippen molar-refractivity contribution in [2.75, 3.05) is 4.72 Å². The maximum Gasteiger partial charge on any atom is 0.263 e. The largest absolute Gasteiger partial charge is 0.263 e. The molecule has 18 heavy (non-hydrogen) atoms. The molecule has 0 atom stereocenters. The number of anilines is 1. The van der Waals surface area contributed by atoms with E-state index in [2.05, 4.69) is 14.7 Å². The Kier molecular flexibility index (Phi) is 3.49. The molecule has 0 unspecified atom stereocenters. The zero-order valence-electron chi connectivity index (χ0n) is 9.46. The third-order valence-electron chi connectivity index (χ3n) is 2.23. The number of halogens is 1. The van der Waals surface area contributed by atoms with Gasteiger partial charge in [-0.3, -0.25) is 9.71 Å². The minimum absolute atomic E-state index is 0.0887. The topological polar surface area (TPSA) is 72.0 Å². The molecule has 2 aromatic rings. The molecular formula is C11H10ClN3O2S. The van der Waals surface area contributed by atoms with E-state index in [1.54, 1.807) is 25.1 Å². The first kappa shape index (κ1) is 12.8. The van der Waals surface area contributed by atoms with E-state index in [0.717, 1.165) is 0 Å². The normalized spacial score (nSPS) is 11.2. The van der Waals surface area contributed by atoms with Crippen LogP contribution < -0.4 is 4.72 Å². The molecule has 0 fully saturated rings. The van der Waals surface area contributed by atoms with Gasteiger partial charge >= 0.3 is 0 Å². The number of hydrogen-bond acceptors (Lipinski definition) is 4. The predicted octanol–water partition coefficient (Wildman–Crippen LogP) is 2.24. The van der Waals surface area contributed by atoms with Crippen molar-refractivity contribution in [2.24, 2.45) is 0 Å². The second kappa shape index (κ2) is 4.91. The van der Waals surface area contributed by atoms with Gasteiger partial charge in [0.05, 0.1) is 17.3 Å². The zero-order valence-corrected chi connectivity index (χ0v) is 11.0. The number of aryl methyl sites for hydroxylation is 1. The molecule has 0 aliphatic heterocycles. The molecule has 0 saturated heterocycles. The molecular weight excluding hydrogens is 274 g/mol. The van der Waals surface area contributed by atoms with Crippen molar-refractivity contribution in [2.45, 2.75) is 11.8 Å². The quantitative estimate of drug-likeness (QED) is 0.938. The summed E-state index contributed by atoms with van der Waals surface area (Å²) in [5.74, 6) is 0.0887. The SMILES string of the molecule is Cc1ccccc1S(=O)(=O)Nc1cncc(Cl)n1. The number of nitrogens with zero attached hydrogens (tertiary/aromatic N) is 2. The highest BCUT2D eigenvalue weighted by Crippen LogP contribution is 2.18. The summed E-state index contributed by atoms with van der Waals surface area (Å²) in [6.07, 6.45) is 2.62. The molecule has 5 nitrogen and oxygen atoms in total. The van der Waals surface area contributed by atoms with Gasteiger partial charge in [-0.15, -0.1) is 0 Å². The molecule has 2 rings (SSSR count). The fraction of sp³-hybridized carbons (Fsp3) is 0.0909. The minimum atomic E-state index is -3.67. The van der Waals surface area contributed by atoms with Crippen LogP contribution in [0, 0.1) is 6.92 Å². The zero-order chi connectivity index (χ0) is 13.2. The summed E-state index contributed by atoms with van der Waals surface area (Å²) in [4.78, 5) is 7.79. The highest BCUT2D eigenvalue weighted by molar-refractivity contribution is 7.92. The lowest BCUT2D eigenvalue weighted by Crippen LogP contribution is -2.15. The Balaban J connectivity index is 2.37. The first-order chi connectivity index (χ1) is 8.49. The maximum absolute atomic E-state index is 12.1. The molecule has 1 N–H and O–H groups in total. The van der Waals surface area contributed by atoms with Gasteiger partial charge < -0.3 is 0 Å². The molecule has 7 heteroatoms. The molecule has 0 bridgehead atoms. The van der Waals surface area contributed by atoms with Crippen LogP contribution in [-0.2, 0) is 10.0 Å². The maximum atomic E-state index is 12.1. The van der Waals surface area contributed by atoms with Crippen LogP contribution in [0.1, 0.15) is 5.56 Å². The van der Waals surface area contributed by atoms with Crippen molar-refractivity contribution >= 4 is 27.4 Å². The fourth-order valence-electron chi connectivity index (χ4n) is 1.44. The lowest BCUT2D eigenvalue weighted by molar-refractivity contribution is 0.600. The first-order valence-electron chi connectivity index (χ1n) is 5.05. The van der Waals surface area contributed by atoms with Gasteiger partial charge in [-0.1, -0.05) is 29.8 Å². The van der Waals surface area contributed by atoms with Gasteiger partial charge in [-0.2, -0.15) is 0 Å². The predicted molar refractivity (Wildman–Crippen MR) is 69.0 cm³/mol. The smallest absolute Gasteiger partial charge is 0.262 e. The summed E-state index contributed by atoms with van der Waals surface area (Å²) < 4.78 is 26.6. The summed E-state index contributed by atoms with van der Waals surface area (Å²) in [5, 5.41) is 0.125. The van der Waals surface area contributed by atoms with Crippen LogP contribution in [0.15, 0.2) is 41.6 Å². The molecule has 0 aliphatic carbocycles. The van der Waals surface area contributed by atoms with E-state index < -0.39 is 10.0 Å². The molecule has 1 heterocycles. The van der Waals surface area contributed by atoms with Crippen LogP contribution in [0.25, 0.3) is 0 Å². The van der Waals surface area contributed by atoms with E-state index in [1.165, 1.54) is 18.5 Å². The molecule has 94 valence electrons. The molecule has 0 radical (unpaired) electrons. The summed E-state index contributed by atoms with van der Waals surface area (Å²) in [7, 11) is -3.67. The van der Waals surface area contributed by atoms with E-state index in [4.69, 9.17) is 11.6 Å². The monoisotopic (exact) mass is 283 g/mol. The molecule has 1 aromatic carbocycles. The number of aromatic nitrogens is 2. The summed E-state index contributed by atoms with van der Waals surface area (Å²) >= 11 is 5.64. The van der Waals surface area contributed by atoms with Gasteiger partial charge in [0.15, 0.2) is 5.82 Å². The standard InChI is InChI=1S/C11H10ClN3O2S/c1-8-4-2-3-5-9(8)18(16,17)15-11-7-13-6-10(12)14-11/h2-7H,1H3,(H,14,15). The highest BCUT2D eigenvalue weighted by Gasteiger charge is 2.17. The third-order valence-corrected chi connectivity index (χ3v) is 3.92. The van der Waals surface area contributed by atoms with Crippen LogP contribution in [0.4, 0.5) is 5.82 Å². The van der Waals surface area contributed by atoms with Gasteiger partial charge in [0, 0.05) is 0 Å². The fourth-order valence-corrected chi connectivity index (χ4v) is 2.82. The Morgan fingerprint density at radius 1 is 1.22 bits per heavy atom. The van der Waals surface area contributed by atoms with Gasteiger partial charge in [-0.25, -0.2) is 13.4 Å². The number of rotatable bonds is 3. The lowest BCUT2D eigenvalue weighted by Gasteiger charge is -2.09. The second-order valence-corrected chi connectivity index (χ2v) is 5.64. The van der Waals surface area contributed by atoms with Crippen LogP contribution in [0.5, 0.6) is 0 Å². The van der Waals surface area contributed by atoms with Crippen molar-refractivity contribution in [1.29, 1.82) is 0 Å². The molecule has 0 saturated carbocycles. The number of benzene rings is 1. The van der Waals surface area contributed by atoms with Crippen LogP contribution in [0.3, 0.4) is 0 Å². The first-order valence-corrected chi connectivity index (χ1v) is 6.91. The molecule has 1 aromatic heterocycles. The Labute approximate surface area is 110 Å².